The highest BCUT2D eigenvalue weighted by atomic mass is 16.4. The number of rotatable bonds is 5. The summed E-state index contributed by atoms with van der Waals surface area (Å²) < 4.78 is 0. The fraction of sp³-hybridized carbons (Fsp3) is 0.292. The van der Waals surface area contributed by atoms with Crippen molar-refractivity contribution in [3.05, 3.63) is 71.9 Å². The van der Waals surface area contributed by atoms with Crippen LogP contribution < -0.4 is 5.32 Å². The van der Waals surface area contributed by atoms with Gasteiger partial charge >= 0.3 is 5.97 Å². The van der Waals surface area contributed by atoms with Gasteiger partial charge in [-0.25, -0.2) is 0 Å². The van der Waals surface area contributed by atoms with Crippen LogP contribution in [-0.4, -0.2) is 22.0 Å². The summed E-state index contributed by atoms with van der Waals surface area (Å²) >= 11 is 0. The van der Waals surface area contributed by atoms with Crippen molar-refractivity contribution in [2.75, 3.05) is 5.32 Å². The van der Waals surface area contributed by atoms with Gasteiger partial charge in [0.05, 0.1) is 11.1 Å². The van der Waals surface area contributed by atoms with Crippen LogP contribution >= 0.6 is 0 Å². The molecule has 4 rings (SSSR count). The van der Waals surface area contributed by atoms with E-state index in [1.54, 1.807) is 6.20 Å². The van der Waals surface area contributed by atoms with E-state index in [2.05, 4.69) is 22.4 Å². The van der Waals surface area contributed by atoms with Crippen LogP contribution in [0.5, 0.6) is 0 Å². The van der Waals surface area contributed by atoms with Crippen molar-refractivity contribution < 1.29 is 14.7 Å². The number of para-hydroxylation sites is 1. The summed E-state index contributed by atoms with van der Waals surface area (Å²) in [5, 5.41) is 12.8. The van der Waals surface area contributed by atoms with Crippen LogP contribution in [0, 0.1) is 5.92 Å². The Labute approximate surface area is 169 Å². The molecule has 0 saturated heterocycles. The lowest BCUT2D eigenvalue weighted by Gasteiger charge is -2.28. The molecule has 1 amide bonds. The van der Waals surface area contributed by atoms with E-state index in [1.807, 2.05) is 42.5 Å². The molecule has 1 heterocycles. The number of nitrogens with zero attached hydrogens (tertiary/aromatic N) is 1. The van der Waals surface area contributed by atoms with Crippen molar-refractivity contribution in [1.82, 2.24) is 4.98 Å². The number of carbonyl (C=O) groups is 2. The van der Waals surface area contributed by atoms with Gasteiger partial charge in [0.2, 0.25) is 0 Å². The van der Waals surface area contributed by atoms with Crippen molar-refractivity contribution in [2.45, 2.75) is 38.0 Å². The van der Waals surface area contributed by atoms with E-state index in [0.29, 0.717) is 17.4 Å². The van der Waals surface area contributed by atoms with Crippen LogP contribution in [0.4, 0.5) is 5.69 Å². The molecule has 0 atom stereocenters. The summed E-state index contributed by atoms with van der Waals surface area (Å²) in [6.45, 7) is 0. The smallest absolute Gasteiger partial charge is 0.303 e. The van der Waals surface area contributed by atoms with Gasteiger partial charge in [-0.1, -0.05) is 30.3 Å². The van der Waals surface area contributed by atoms with Crippen molar-refractivity contribution in [3.8, 4) is 0 Å². The molecule has 29 heavy (non-hydrogen) atoms. The largest absolute Gasteiger partial charge is 0.481 e. The fourth-order valence-corrected chi connectivity index (χ4v) is 4.18. The topological polar surface area (TPSA) is 79.3 Å². The van der Waals surface area contributed by atoms with E-state index in [-0.39, 0.29) is 12.3 Å². The molecule has 2 aromatic carbocycles. The van der Waals surface area contributed by atoms with Crippen LogP contribution in [-0.2, 0) is 4.79 Å². The second-order valence-corrected chi connectivity index (χ2v) is 7.81. The molecule has 5 nitrogen and oxygen atoms in total. The van der Waals surface area contributed by atoms with E-state index < -0.39 is 5.97 Å². The molecule has 1 fully saturated rings. The van der Waals surface area contributed by atoms with Gasteiger partial charge in [-0.05, 0) is 67.3 Å². The van der Waals surface area contributed by atoms with Crippen LogP contribution in [0.2, 0.25) is 0 Å². The van der Waals surface area contributed by atoms with Gasteiger partial charge in [0.15, 0.2) is 0 Å². The minimum Gasteiger partial charge on any atom is -0.481 e. The number of amides is 1. The van der Waals surface area contributed by atoms with E-state index >= 15 is 0 Å². The van der Waals surface area contributed by atoms with E-state index in [0.717, 1.165) is 42.3 Å². The summed E-state index contributed by atoms with van der Waals surface area (Å²) in [5.74, 6) is -0.104. The predicted octanol–water partition coefficient (Wildman–Crippen LogP) is 5.24. The number of carboxylic acid groups (broad SMARTS) is 1. The molecule has 1 aliphatic carbocycles. The number of nitrogens with one attached hydrogen (secondary N) is 1. The molecular formula is C24H24N2O3. The Bertz CT molecular complexity index is 1020. The maximum Gasteiger partial charge on any atom is 0.303 e. The Morgan fingerprint density at radius 3 is 2.45 bits per heavy atom. The molecule has 0 radical (unpaired) electrons. The SMILES string of the molecule is O=C(O)C[C@H]1CC[C@H](c2ccc(NC(=O)c3cnc4ccccc4c3)cc2)CC1. The van der Waals surface area contributed by atoms with Gasteiger partial charge in [0, 0.05) is 23.7 Å². The first-order chi connectivity index (χ1) is 14.1. The summed E-state index contributed by atoms with van der Waals surface area (Å²) in [5.41, 5.74) is 3.41. The first-order valence-electron chi connectivity index (χ1n) is 10.1. The second kappa shape index (κ2) is 8.43. The average molecular weight is 388 g/mol. The zero-order valence-corrected chi connectivity index (χ0v) is 16.2. The minimum atomic E-state index is -0.699. The third-order valence-electron chi connectivity index (χ3n) is 5.80. The average Bonchev–Trinajstić information content (AvgIpc) is 2.74. The standard InChI is InChI=1S/C24H24N2O3/c27-23(28)13-16-5-7-17(8-6-16)18-9-11-21(12-10-18)26-24(29)20-14-19-3-1-2-4-22(19)25-15-20/h1-4,9-12,14-17H,5-8,13H2,(H,26,29)(H,27,28)/t16-,17-. The molecule has 2 N–H and O–H groups in total. The first kappa shape index (κ1) is 19.1. The van der Waals surface area contributed by atoms with E-state index in [4.69, 9.17) is 5.11 Å². The van der Waals surface area contributed by atoms with Crippen molar-refractivity contribution >= 4 is 28.5 Å². The van der Waals surface area contributed by atoms with Gasteiger partial charge in [0.25, 0.3) is 5.91 Å². The summed E-state index contributed by atoms with van der Waals surface area (Å²) in [6, 6.07) is 17.6. The van der Waals surface area contributed by atoms with E-state index in [1.165, 1.54) is 5.56 Å². The molecule has 0 unspecified atom stereocenters. The molecule has 0 spiro atoms. The molecule has 148 valence electrons. The van der Waals surface area contributed by atoms with Gasteiger partial charge in [-0.15, -0.1) is 0 Å². The monoisotopic (exact) mass is 388 g/mol. The van der Waals surface area contributed by atoms with Crippen molar-refractivity contribution in [1.29, 1.82) is 0 Å². The number of pyridine rings is 1. The van der Waals surface area contributed by atoms with Gasteiger partial charge in [-0.3, -0.25) is 14.6 Å². The first-order valence-corrected chi connectivity index (χ1v) is 10.1. The van der Waals surface area contributed by atoms with Crippen LogP contribution in [0.1, 0.15) is 53.9 Å². The number of carboxylic acids is 1. The molecule has 1 aliphatic rings. The Kier molecular flexibility index (Phi) is 5.56. The normalized spacial score (nSPS) is 19.0. The highest BCUT2D eigenvalue weighted by Crippen LogP contribution is 2.37. The molecule has 0 bridgehead atoms. The zero-order valence-electron chi connectivity index (χ0n) is 16.2. The third-order valence-corrected chi connectivity index (χ3v) is 5.80. The molecule has 3 aromatic rings. The van der Waals surface area contributed by atoms with Gasteiger partial charge in [0.1, 0.15) is 0 Å². The predicted molar refractivity (Wildman–Crippen MR) is 113 cm³/mol. The molecular weight excluding hydrogens is 364 g/mol. The maximum atomic E-state index is 12.6. The van der Waals surface area contributed by atoms with Crippen LogP contribution in [0.15, 0.2) is 60.8 Å². The van der Waals surface area contributed by atoms with Crippen LogP contribution in [0.3, 0.4) is 0 Å². The maximum absolute atomic E-state index is 12.6. The second-order valence-electron chi connectivity index (χ2n) is 7.81. The summed E-state index contributed by atoms with van der Waals surface area (Å²) in [7, 11) is 0. The number of benzene rings is 2. The fourth-order valence-electron chi connectivity index (χ4n) is 4.18. The summed E-state index contributed by atoms with van der Waals surface area (Å²) in [4.78, 5) is 27.8. The number of hydrogen-bond acceptors (Lipinski definition) is 3. The number of carbonyl (C=O) groups excluding carboxylic acids is 1. The Morgan fingerprint density at radius 1 is 1.00 bits per heavy atom. The van der Waals surface area contributed by atoms with Gasteiger partial charge in [-0.2, -0.15) is 0 Å². The quantitative estimate of drug-likeness (QED) is 0.627. The zero-order chi connectivity index (χ0) is 20.2. The molecule has 5 heteroatoms. The number of aliphatic carboxylic acids is 1. The highest BCUT2D eigenvalue weighted by molar-refractivity contribution is 6.05. The molecule has 0 aliphatic heterocycles. The molecule has 1 saturated carbocycles. The van der Waals surface area contributed by atoms with Crippen molar-refractivity contribution in [2.24, 2.45) is 5.92 Å². The van der Waals surface area contributed by atoms with Crippen LogP contribution in [0.25, 0.3) is 10.9 Å². The Morgan fingerprint density at radius 2 is 1.72 bits per heavy atom. The highest BCUT2D eigenvalue weighted by Gasteiger charge is 2.24. The summed E-state index contributed by atoms with van der Waals surface area (Å²) in [6.07, 6.45) is 5.84. The lowest BCUT2D eigenvalue weighted by molar-refractivity contribution is -0.138. The number of anilines is 1. The van der Waals surface area contributed by atoms with E-state index in [9.17, 15) is 9.59 Å². The number of fused-ring (bicyclic) bond motifs is 1. The lowest BCUT2D eigenvalue weighted by Crippen LogP contribution is -2.16. The Balaban J connectivity index is 1.38. The van der Waals surface area contributed by atoms with Gasteiger partial charge < -0.3 is 10.4 Å². The lowest BCUT2D eigenvalue weighted by atomic mass is 9.77. The molecule has 1 aromatic heterocycles. The minimum absolute atomic E-state index is 0.176. The Hall–Kier alpha value is -3.21. The third kappa shape index (κ3) is 4.62. The number of hydrogen-bond donors (Lipinski definition) is 2. The number of aromatic nitrogens is 1. The van der Waals surface area contributed by atoms with Crippen molar-refractivity contribution in [3.63, 3.8) is 0 Å².